The van der Waals surface area contributed by atoms with Gasteiger partial charge >= 0.3 is 5.97 Å². The molecule has 7 atom stereocenters. The predicted molar refractivity (Wildman–Crippen MR) is 176 cm³/mol. The van der Waals surface area contributed by atoms with Crippen LogP contribution in [0.1, 0.15) is 30.9 Å². The molecule has 244 valence electrons. The van der Waals surface area contributed by atoms with Gasteiger partial charge in [0.05, 0.1) is 30.6 Å². The van der Waals surface area contributed by atoms with E-state index >= 15 is 0 Å². The van der Waals surface area contributed by atoms with Crippen LogP contribution >= 0.6 is 27.5 Å². The van der Waals surface area contributed by atoms with Crippen molar-refractivity contribution in [1.29, 1.82) is 0 Å². The van der Waals surface area contributed by atoms with Gasteiger partial charge in [0.25, 0.3) is 5.91 Å². The molecular formula is C34H37BrClN3O7. The lowest BCUT2D eigenvalue weighted by Gasteiger charge is -2.37. The van der Waals surface area contributed by atoms with Crippen LogP contribution in [0.15, 0.2) is 79.9 Å². The number of aliphatic hydroxyl groups is 1. The molecule has 2 aromatic rings. The van der Waals surface area contributed by atoms with Gasteiger partial charge in [0, 0.05) is 35.0 Å². The van der Waals surface area contributed by atoms with Crippen molar-refractivity contribution >= 4 is 56.9 Å². The summed E-state index contributed by atoms with van der Waals surface area (Å²) < 4.78 is 12.1. The van der Waals surface area contributed by atoms with Crippen molar-refractivity contribution < 1.29 is 33.8 Å². The van der Waals surface area contributed by atoms with E-state index in [0.717, 1.165) is 5.56 Å². The van der Waals surface area contributed by atoms with Gasteiger partial charge in [0.15, 0.2) is 0 Å². The van der Waals surface area contributed by atoms with E-state index in [1.165, 1.54) is 9.80 Å². The number of aliphatic hydroxyl groups excluding tert-OH is 1. The SMILES string of the molecule is C=CCCC(=O)OC[C@@H](NC(=O)[C@H]1[C@@H]2O[C@@]3(CC2Br)[C@@H]1C(=O)N(CCO)[C@@H]3C(=O)N(CC=C)c1ccc(Cl)cc1)c1ccccc1. The largest absolute Gasteiger partial charge is 0.463 e. The lowest BCUT2D eigenvalue weighted by atomic mass is 9.70. The number of anilines is 1. The number of hydrogen-bond acceptors (Lipinski definition) is 7. The molecule has 3 aliphatic rings. The van der Waals surface area contributed by atoms with Gasteiger partial charge in [-0.25, -0.2) is 0 Å². The molecule has 0 aliphatic carbocycles. The number of nitrogens with one attached hydrogen (secondary N) is 1. The first kappa shape index (κ1) is 33.8. The first-order chi connectivity index (χ1) is 22.2. The van der Waals surface area contributed by atoms with E-state index in [4.69, 9.17) is 21.1 Å². The van der Waals surface area contributed by atoms with Gasteiger partial charge in [0.2, 0.25) is 11.8 Å². The van der Waals surface area contributed by atoms with Crippen molar-refractivity contribution in [3.8, 4) is 0 Å². The monoisotopic (exact) mass is 713 g/mol. The van der Waals surface area contributed by atoms with Crippen molar-refractivity contribution in [3.63, 3.8) is 0 Å². The van der Waals surface area contributed by atoms with E-state index in [1.54, 1.807) is 36.4 Å². The Bertz CT molecular complexity index is 1470. The summed E-state index contributed by atoms with van der Waals surface area (Å²) in [5.74, 6) is -3.65. The van der Waals surface area contributed by atoms with E-state index in [-0.39, 0.29) is 37.6 Å². The van der Waals surface area contributed by atoms with E-state index < -0.39 is 59.3 Å². The van der Waals surface area contributed by atoms with Gasteiger partial charge in [-0.15, -0.1) is 13.2 Å². The summed E-state index contributed by atoms with van der Waals surface area (Å²) in [4.78, 5) is 57.7. The van der Waals surface area contributed by atoms with Crippen LogP contribution in [0, 0.1) is 11.8 Å². The maximum atomic E-state index is 14.5. The highest BCUT2D eigenvalue weighted by atomic mass is 79.9. The molecule has 0 saturated carbocycles. The lowest BCUT2D eigenvalue weighted by Crippen LogP contribution is -2.57. The summed E-state index contributed by atoms with van der Waals surface area (Å²) in [6, 6.07) is 14.0. The number of likely N-dealkylation sites (tertiary alicyclic amines) is 1. The van der Waals surface area contributed by atoms with Crippen LogP contribution < -0.4 is 10.2 Å². The predicted octanol–water partition coefficient (Wildman–Crippen LogP) is 3.97. The molecule has 3 fully saturated rings. The summed E-state index contributed by atoms with van der Waals surface area (Å²) in [5, 5.41) is 13.5. The van der Waals surface area contributed by atoms with Crippen LogP contribution in [0.2, 0.25) is 5.02 Å². The number of amides is 3. The number of β-amino-alcohol motifs (C(OH)–C–C–N with tert-alkyl or cyclic N) is 1. The second kappa shape index (κ2) is 14.5. The highest BCUT2D eigenvalue weighted by molar-refractivity contribution is 9.09. The molecule has 12 heteroatoms. The summed E-state index contributed by atoms with van der Waals surface area (Å²) in [6.07, 6.45) is 3.45. The average molecular weight is 715 g/mol. The summed E-state index contributed by atoms with van der Waals surface area (Å²) in [6.45, 7) is 6.98. The molecule has 0 radical (unpaired) electrons. The Hall–Kier alpha value is -3.51. The highest BCUT2D eigenvalue weighted by Crippen LogP contribution is 2.60. The number of benzene rings is 2. The molecular weight excluding hydrogens is 678 g/mol. The molecule has 5 rings (SSSR count). The molecule has 1 spiro atoms. The van der Waals surface area contributed by atoms with Crippen molar-refractivity contribution in [3.05, 3.63) is 90.5 Å². The van der Waals surface area contributed by atoms with Gasteiger partial charge in [-0.05, 0) is 42.7 Å². The first-order valence-electron chi connectivity index (χ1n) is 15.2. The Morgan fingerprint density at radius 3 is 2.54 bits per heavy atom. The van der Waals surface area contributed by atoms with Gasteiger partial charge in [-0.1, -0.05) is 70.0 Å². The molecule has 2 N–H and O–H groups in total. The maximum absolute atomic E-state index is 14.5. The first-order valence-corrected chi connectivity index (χ1v) is 16.5. The molecule has 3 aliphatic heterocycles. The van der Waals surface area contributed by atoms with Crippen molar-refractivity contribution in [2.75, 3.05) is 31.2 Å². The lowest BCUT2D eigenvalue weighted by molar-refractivity contribution is -0.146. The van der Waals surface area contributed by atoms with Crippen LogP contribution in [0.5, 0.6) is 0 Å². The fourth-order valence-corrected chi connectivity index (χ4v) is 7.99. The number of esters is 1. The van der Waals surface area contributed by atoms with Crippen molar-refractivity contribution in [2.24, 2.45) is 11.8 Å². The number of alkyl halides is 1. The minimum absolute atomic E-state index is 0.110. The van der Waals surface area contributed by atoms with Crippen LogP contribution in [-0.2, 0) is 28.7 Å². The normalized spacial score (nSPS) is 26.7. The zero-order valence-corrected chi connectivity index (χ0v) is 27.6. The van der Waals surface area contributed by atoms with Gasteiger partial charge in [-0.3, -0.25) is 19.2 Å². The number of allylic oxidation sites excluding steroid dienone is 1. The Morgan fingerprint density at radius 1 is 1.17 bits per heavy atom. The molecule has 10 nitrogen and oxygen atoms in total. The molecule has 3 amide bonds. The number of fused-ring (bicyclic) bond motifs is 1. The molecule has 2 aromatic carbocycles. The van der Waals surface area contributed by atoms with E-state index in [1.807, 2.05) is 30.3 Å². The third kappa shape index (κ3) is 6.38. The van der Waals surface area contributed by atoms with E-state index in [9.17, 15) is 24.3 Å². The summed E-state index contributed by atoms with van der Waals surface area (Å²) in [7, 11) is 0. The number of carbonyl (C=O) groups is 4. The second-order valence-electron chi connectivity index (χ2n) is 11.6. The molecule has 3 heterocycles. The quantitative estimate of drug-likeness (QED) is 0.173. The van der Waals surface area contributed by atoms with Gasteiger partial charge in [0.1, 0.15) is 18.2 Å². The second-order valence-corrected chi connectivity index (χ2v) is 13.2. The molecule has 46 heavy (non-hydrogen) atoms. The minimum atomic E-state index is -1.32. The number of hydrogen-bond donors (Lipinski definition) is 2. The van der Waals surface area contributed by atoms with Gasteiger partial charge < -0.3 is 29.7 Å². The Morgan fingerprint density at radius 2 is 1.89 bits per heavy atom. The number of nitrogens with zero attached hydrogens (tertiary/aromatic N) is 2. The summed E-state index contributed by atoms with van der Waals surface area (Å²) in [5.41, 5.74) is -0.0523. The zero-order valence-electron chi connectivity index (χ0n) is 25.2. The maximum Gasteiger partial charge on any atom is 0.306 e. The number of carbonyl (C=O) groups excluding carboxylic acids is 4. The minimum Gasteiger partial charge on any atom is -0.463 e. The third-order valence-corrected chi connectivity index (χ3v) is 9.96. The Balaban J connectivity index is 1.46. The standard InChI is InChI=1S/C34H37BrClN3O7/c1-3-5-11-26(41)45-20-25(21-9-7-6-8-10-21)37-31(42)27-28-32(43)39(17-18-40)30(34(28)19-24(35)29(27)46-34)33(44)38(16-4-2)23-14-12-22(36)13-15-23/h3-4,6-10,12-15,24-25,27-30,40H,1-2,5,11,16-20H2,(H,37,42)/t24?,25-,27-,28+,29-,30-,34+/m1/s1. The molecule has 2 bridgehead atoms. The van der Waals surface area contributed by atoms with Crippen LogP contribution in [-0.4, -0.2) is 82.6 Å². The molecule has 0 aromatic heterocycles. The molecule has 1 unspecified atom stereocenters. The highest BCUT2D eigenvalue weighted by Gasteiger charge is 2.76. The van der Waals surface area contributed by atoms with E-state index in [0.29, 0.717) is 23.6 Å². The van der Waals surface area contributed by atoms with Crippen molar-refractivity contribution in [2.45, 2.75) is 47.9 Å². The fraction of sp³-hybridized carbons (Fsp3) is 0.412. The molecule has 3 saturated heterocycles. The zero-order chi connectivity index (χ0) is 33.0. The van der Waals surface area contributed by atoms with Crippen LogP contribution in [0.3, 0.4) is 0 Å². The Kier molecular flexibility index (Phi) is 10.7. The van der Waals surface area contributed by atoms with Crippen LogP contribution in [0.25, 0.3) is 0 Å². The number of halogens is 2. The van der Waals surface area contributed by atoms with Crippen molar-refractivity contribution in [1.82, 2.24) is 10.2 Å². The van der Waals surface area contributed by atoms with Gasteiger partial charge in [-0.2, -0.15) is 0 Å². The Labute approximate surface area is 281 Å². The van der Waals surface area contributed by atoms with E-state index in [2.05, 4.69) is 34.4 Å². The average Bonchev–Trinajstić information content (AvgIpc) is 3.64. The summed E-state index contributed by atoms with van der Waals surface area (Å²) >= 11 is 9.78. The topological polar surface area (TPSA) is 125 Å². The number of ether oxygens (including phenoxy) is 2. The smallest absolute Gasteiger partial charge is 0.306 e. The number of rotatable bonds is 14. The third-order valence-electron chi connectivity index (χ3n) is 8.86. The fourth-order valence-electron chi connectivity index (χ4n) is 6.92. The van der Waals surface area contributed by atoms with Crippen LogP contribution in [0.4, 0.5) is 5.69 Å².